The van der Waals surface area contributed by atoms with Gasteiger partial charge in [-0.3, -0.25) is 29.0 Å². The van der Waals surface area contributed by atoms with Crippen molar-refractivity contribution in [1.29, 1.82) is 0 Å². The number of allylic oxidation sites excluding steroid dienone is 2. The van der Waals surface area contributed by atoms with Gasteiger partial charge < -0.3 is 5.11 Å². The summed E-state index contributed by atoms with van der Waals surface area (Å²) in [6.45, 7) is 1.72. The monoisotopic (exact) mass is 616 g/mol. The Morgan fingerprint density at radius 3 is 2.34 bits per heavy atom. The van der Waals surface area contributed by atoms with Gasteiger partial charge in [0.2, 0.25) is 11.8 Å². The second-order valence-corrected chi connectivity index (χ2v) is 12.7. The minimum atomic E-state index is -1.92. The van der Waals surface area contributed by atoms with Crippen molar-refractivity contribution < 1.29 is 24.3 Å². The van der Waals surface area contributed by atoms with Gasteiger partial charge in [-0.25, -0.2) is 0 Å². The van der Waals surface area contributed by atoms with Gasteiger partial charge in [0.05, 0.1) is 17.5 Å². The number of halogens is 3. The average Bonchev–Trinajstić information content (AvgIpc) is 3.22. The standard InChI is InChI=1S/C28H23BrCl2N2O5/c1-13-4-3-5-18(22(13)34)21-16-10-11-17-20(24(36)33(23(17)35)15-8-6-14(29)7-9-15)19(16)12-27(30)25(37)32(2)26(38)28(21,27)31/h3-10,17,19-21,34H,11-12H2,1-2H3/t17-,19+,20-,21+,27+,28-/m0/s1. The molecule has 0 aromatic heterocycles. The van der Waals surface area contributed by atoms with Crippen molar-refractivity contribution in [3.63, 3.8) is 0 Å². The molecule has 1 N–H and O–H groups in total. The molecule has 4 amide bonds. The zero-order valence-electron chi connectivity index (χ0n) is 20.5. The first-order chi connectivity index (χ1) is 17.9. The molecule has 2 aliphatic heterocycles. The third-order valence-corrected chi connectivity index (χ3v) is 10.6. The van der Waals surface area contributed by atoms with Crippen molar-refractivity contribution in [3.8, 4) is 5.75 Å². The molecule has 0 radical (unpaired) electrons. The predicted molar refractivity (Wildman–Crippen MR) is 145 cm³/mol. The summed E-state index contributed by atoms with van der Waals surface area (Å²) in [6, 6.07) is 12.0. The molecule has 2 aliphatic carbocycles. The van der Waals surface area contributed by atoms with Crippen LogP contribution in [0.2, 0.25) is 0 Å². The Labute approximate surface area is 237 Å². The smallest absolute Gasteiger partial charge is 0.253 e. The Bertz CT molecular complexity index is 1480. The van der Waals surface area contributed by atoms with E-state index in [4.69, 9.17) is 23.2 Å². The highest BCUT2D eigenvalue weighted by Crippen LogP contribution is 2.66. The molecule has 196 valence electrons. The topological polar surface area (TPSA) is 95.0 Å². The third-order valence-electron chi connectivity index (χ3n) is 8.68. The van der Waals surface area contributed by atoms with Crippen LogP contribution in [0, 0.1) is 24.7 Å². The Kier molecular flexibility index (Phi) is 5.66. The fraction of sp³-hybridized carbons (Fsp3) is 0.357. The summed E-state index contributed by atoms with van der Waals surface area (Å²) < 4.78 is 0.811. The largest absolute Gasteiger partial charge is 0.507 e. The van der Waals surface area contributed by atoms with Crippen molar-refractivity contribution in [3.05, 3.63) is 69.7 Å². The number of alkyl halides is 2. The van der Waals surface area contributed by atoms with Crippen LogP contribution in [-0.4, -0.2) is 50.4 Å². The number of imide groups is 2. The highest BCUT2D eigenvalue weighted by Gasteiger charge is 2.76. The van der Waals surface area contributed by atoms with Crippen LogP contribution in [0.1, 0.15) is 29.9 Å². The number of carbonyl (C=O) groups is 4. The first-order valence-electron chi connectivity index (χ1n) is 12.3. The molecule has 6 atom stereocenters. The van der Waals surface area contributed by atoms with E-state index >= 15 is 0 Å². The van der Waals surface area contributed by atoms with Crippen LogP contribution >= 0.6 is 39.1 Å². The van der Waals surface area contributed by atoms with Crippen LogP contribution in [0.25, 0.3) is 0 Å². The number of rotatable bonds is 2. The maximum Gasteiger partial charge on any atom is 0.253 e. The van der Waals surface area contributed by atoms with E-state index in [1.165, 1.54) is 11.9 Å². The van der Waals surface area contributed by atoms with Gasteiger partial charge in [-0.15, -0.1) is 23.2 Å². The van der Waals surface area contributed by atoms with Crippen LogP contribution in [0.3, 0.4) is 0 Å². The second kappa shape index (κ2) is 8.41. The minimum Gasteiger partial charge on any atom is -0.507 e. The minimum absolute atomic E-state index is 0.0552. The van der Waals surface area contributed by atoms with E-state index in [-0.39, 0.29) is 30.4 Å². The normalized spacial score (nSPS) is 34.3. The van der Waals surface area contributed by atoms with E-state index in [0.29, 0.717) is 22.4 Å². The molecule has 2 saturated heterocycles. The van der Waals surface area contributed by atoms with Gasteiger partial charge in [-0.2, -0.15) is 0 Å². The fourth-order valence-corrected chi connectivity index (χ4v) is 8.12. The van der Waals surface area contributed by atoms with Crippen molar-refractivity contribution in [1.82, 2.24) is 4.90 Å². The van der Waals surface area contributed by atoms with E-state index in [1.54, 1.807) is 49.4 Å². The van der Waals surface area contributed by atoms with Gasteiger partial charge in [-0.05, 0) is 55.5 Å². The Hall–Kier alpha value is -2.68. The number of amides is 4. The molecule has 2 aromatic rings. The summed E-state index contributed by atoms with van der Waals surface area (Å²) in [7, 11) is 1.34. The number of anilines is 1. The highest BCUT2D eigenvalue weighted by atomic mass is 79.9. The molecule has 2 heterocycles. The number of hydrogen-bond acceptors (Lipinski definition) is 5. The molecule has 0 unspecified atom stereocenters. The molecule has 2 aromatic carbocycles. The molecule has 3 fully saturated rings. The second-order valence-electron chi connectivity index (χ2n) is 10.5. The van der Waals surface area contributed by atoms with E-state index in [1.807, 2.05) is 6.08 Å². The number of aromatic hydroxyl groups is 1. The van der Waals surface area contributed by atoms with Crippen molar-refractivity contribution in [2.75, 3.05) is 11.9 Å². The Balaban J connectivity index is 1.53. The number of fused-ring (bicyclic) bond motifs is 4. The number of phenols is 1. The lowest BCUT2D eigenvalue weighted by molar-refractivity contribution is -0.138. The quantitative estimate of drug-likeness (QED) is 0.301. The van der Waals surface area contributed by atoms with Crippen LogP contribution in [-0.2, 0) is 19.2 Å². The SMILES string of the molecule is Cc1cccc([C@H]2C3=CC[C@@H]4C(=O)N(c5ccc(Br)cc5)C(=O)[C@@H]4[C@@H]3C[C@@]3(Cl)C(=O)N(C)C(=O)[C@@]23Cl)c1O. The van der Waals surface area contributed by atoms with Crippen LogP contribution in [0.5, 0.6) is 5.75 Å². The first-order valence-corrected chi connectivity index (χ1v) is 13.8. The van der Waals surface area contributed by atoms with Gasteiger partial charge in [0.25, 0.3) is 11.8 Å². The van der Waals surface area contributed by atoms with E-state index < -0.39 is 45.2 Å². The van der Waals surface area contributed by atoms with Crippen molar-refractivity contribution in [2.24, 2.45) is 17.8 Å². The number of likely N-dealkylation sites (tertiary alicyclic amines) is 1. The molecule has 0 bridgehead atoms. The number of phenolic OH excluding ortho intramolecular Hbond substituents is 1. The number of carbonyl (C=O) groups excluding carboxylic acids is 4. The zero-order valence-corrected chi connectivity index (χ0v) is 23.5. The average molecular weight is 618 g/mol. The molecule has 6 rings (SSSR count). The van der Waals surface area contributed by atoms with Gasteiger partial charge in [-0.1, -0.05) is 45.8 Å². The van der Waals surface area contributed by atoms with E-state index in [2.05, 4.69) is 15.9 Å². The summed E-state index contributed by atoms with van der Waals surface area (Å²) in [5, 5.41) is 11.1. The number of nitrogens with zero attached hydrogens (tertiary/aromatic N) is 2. The molecule has 4 aliphatic rings. The maximum absolute atomic E-state index is 13.9. The van der Waals surface area contributed by atoms with Crippen molar-refractivity contribution in [2.45, 2.75) is 35.4 Å². The highest BCUT2D eigenvalue weighted by molar-refractivity contribution is 9.10. The molecular weight excluding hydrogens is 595 g/mol. The molecule has 1 saturated carbocycles. The summed E-state index contributed by atoms with van der Waals surface area (Å²) in [5.74, 6) is -5.10. The number of aryl methyl sites for hydroxylation is 1. The van der Waals surface area contributed by atoms with Crippen LogP contribution in [0.15, 0.2) is 58.6 Å². The van der Waals surface area contributed by atoms with E-state index in [9.17, 15) is 24.3 Å². The lowest BCUT2D eigenvalue weighted by atomic mass is 9.56. The molecule has 7 nitrogen and oxygen atoms in total. The predicted octanol–water partition coefficient (Wildman–Crippen LogP) is 4.66. The number of para-hydroxylation sites is 1. The molecule has 10 heteroatoms. The van der Waals surface area contributed by atoms with Crippen molar-refractivity contribution >= 4 is 68.4 Å². The van der Waals surface area contributed by atoms with Crippen LogP contribution < -0.4 is 4.90 Å². The van der Waals surface area contributed by atoms with Gasteiger partial charge in [0.1, 0.15) is 5.75 Å². The number of hydrogen-bond donors (Lipinski definition) is 1. The van der Waals surface area contributed by atoms with Gasteiger partial charge in [0, 0.05) is 23.0 Å². The Morgan fingerprint density at radius 1 is 0.974 bits per heavy atom. The summed E-state index contributed by atoms with van der Waals surface area (Å²) in [6.07, 6.45) is 2.03. The molecule has 38 heavy (non-hydrogen) atoms. The maximum atomic E-state index is 13.9. The zero-order chi connectivity index (χ0) is 27.3. The van der Waals surface area contributed by atoms with Gasteiger partial charge in [0.15, 0.2) is 9.75 Å². The lowest BCUT2D eigenvalue weighted by Gasteiger charge is -2.50. The summed E-state index contributed by atoms with van der Waals surface area (Å²) >= 11 is 17.6. The van der Waals surface area contributed by atoms with E-state index in [0.717, 1.165) is 9.37 Å². The Morgan fingerprint density at radius 2 is 1.66 bits per heavy atom. The summed E-state index contributed by atoms with van der Waals surface area (Å²) in [5.41, 5.74) is 2.03. The number of benzene rings is 2. The van der Waals surface area contributed by atoms with Gasteiger partial charge >= 0.3 is 0 Å². The van der Waals surface area contributed by atoms with Crippen LogP contribution in [0.4, 0.5) is 5.69 Å². The molecule has 0 spiro atoms. The fourth-order valence-electron chi connectivity index (χ4n) is 6.85. The molecular formula is C28H23BrCl2N2O5. The third kappa shape index (κ3) is 3.08. The lowest BCUT2D eigenvalue weighted by Crippen LogP contribution is -2.60. The summed E-state index contributed by atoms with van der Waals surface area (Å²) in [4.78, 5) is 52.9. The first kappa shape index (κ1) is 25.6.